The van der Waals surface area contributed by atoms with E-state index in [1.165, 1.54) is 6.20 Å². The van der Waals surface area contributed by atoms with Crippen LogP contribution in [0.4, 0.5) is 5.82 Å². The Balaban J connectivity index is 2.11. The number of nitrogens with two attached hydrogens (primary N) is 1. The molecule has 7 nitrogen and oxygen atoms in total. The van der Waals surface area contributed by atoms with Crippen LogP contribution in [0, 0.1) is 0 Å². The van der Waals surface area contributed by atoms with Crippen molar-refractivity contribution in [2.75, 3.05) is 12.8 Å². The van der Waals surface area contributed by atoms with E-state index in [0.29, 0.717) is 12.1 Å². The molecule has 0 radical (unpaired) electrons. The van der Waals surface area contributed by atoms with E-state index in [2.05, 4.69) is 15.2 Å². The number of anilines is 1. The maximum atomic E-state index is 12.0. The van der Waals surface area contributed by atoms with Crippen molar-refractivity contribution in [3.63, 3.8) is 0 Å². The lowest BCUT2D eigenvalue weighted by Gasteiger charge is -2.16. The SMILES string of the molecule is CN(Cc1nccn1C)C(=O)c1cn[nH]c1N. The Labute approximate surface area is 98.2 Å². The molecule has 0 fully saturated rings. The van der Waals surface area contributed by atoms with E-state index in [-0.39, 0.29) is 11.7 Å². The second-order valence-electron chi connectivity index (χ2n) is 3.81. The zero-order valence-corrected chi connectivity index (χ0v) is 9.71. The molecular weight excluding hydrogens is 220 g/mol. The Morgan fingerprint density at radius 1 is 1.65 bits per heavy atom. The number of nitrogens with zero attached hydrogens (tertiary/aromatic N) is 4. The minimum atomic E-state index is -0.181. The highest BCUT2D eigenvalue weighted by molar-refractivity contribution is 5.97. The molecule has 3 N–H and O–H groups in total. The van der Waals surface area contributed by atoms with Crippen molar-refractivity contribution in [3.05, 3.63) is 30.0 Å². The summed E-state index contributed by atoms with van der Waals surface area (Å²) in [5, 5.41) is 6.26. The largest absolute Gasteiger partial charge is 0.383 e. The van der Waals surface area contributed by atoms with E-state index >= 15 is 0 Å². The van der Waals surface area contributed by atoms with Crippen molar-refractivity contribution in [2.24, 2.45) is 7.05 Å². The van der Waals surface area contributed by atoms with Crippen LogP contribution in [0.25, 0.3) is 0 Å². The lowest BCUT2D eigenvalue weighted by molar-refractivity contribution is 0.0781. The summed E-state index contributed by atoms with van der Waals surface area (Å²) in [5.74, 6) is 0.906. The Bertz CT molecular complexity index is 528. The number of aromatic amines is 1. The first-order chi connectivity index (χ1) is 8.09. The van der Waals surface area contributed by atoms with Crippen LogP contribution >= 0.6 is 0 Å². The van der Waals surface area contributed by atoms with Gasteiger partial charge in [-0.1, -0.05) is 0 Å². The molecule has 0 saturated carbocycles. The number of imidazole rings is 1. The average molecular weight is 234 g/mol. The molecule has 0 atom stereocenters. The number of amides is 1. The van der Waals surface area contributed by atoms with Crippen LogP contribution in [0.15, 0.2) is 18.6 Å². The predicted molar refractivity (Wildman–Crippen MR) is 62.0 cm³/mol. The highest BCUT2D eigenvalue weighted by Gasteiger charge is 2.17. The third kappa shape index (κ3) is 2.12. The first kappa shape index (κ1) is 11.2. The highest BCUT2D eigenvalue weighted by atomic mass is 16.2. The summed E-state index contributed by atoms with van der Waals surface area (Å²) in [5.41, 5.74) is 5.97. The molecule has 0 aliphatic carbocycles. The first-order valence-electron chi connectivity index (χ1n) is 5.10. The van der Waals surface area contributed by atoms with Gasteiger partial charge >= 0.3 is 0 Å². The third-order valence-electron chi connectivity index (χ3n) is 2.55. The molecule has 2 aromatic rings. The van der Waals surface area contributed by atoms with E-state index in [0.717, 1.165) is 5.82 Å². The van der Waals surface area contributed by atoms with E-state index in [9.17, 15) is 4.79 Å². The number of nitrogen functional groups attached to an aromatic ring is 1. The van der Waals surface area contributed by atoms with Gasteiger partial charge in [-0.05, 0) is 0 Å². The van der Waals surface area contributed by atoms with Gasteiger partial charge in [0.15, 0.2) is 0 Å². The van der Waals surface area contributed by atoms with Gasteiger partial charge in [-0.2, -0.15) is 5.10 Å². The molecule has 0 spiro atoms. The minimum Gasteiger partial charge on any atom is -0.383 e. The second-order valence-corrected chi connectivity index (χ2v) is 3.81. The van der Waals surface area contributed by atoms with Gasteiger partial charge in [-0.15, -0.1) is 0 Å². The second kappa shape index (κ2) is 4.28. The van der Waals surface area contributed by atoms with Crippen LogP contribution in [0.3, 0.4) is 0 Å². The molecule has 90 valence electrons. The van der Waals surface area contributed by atoms with Crippen LogP contribution in [0.2, 0.25) is 0 Å². The molecule has 0 aromatic carbocycles. The molecule has 17 heavy (non-hydrogen) atoms. The van der Waals surface area contributed by atoms with Gasteiger partial charge in [-0.3, -0.25) is 9.89 Å². The van der Waals surface area contributed by atoms with Crippen LogP contribution in [-0.2, 0) is 13.6 Å². The monoisotopic (exact) mass is 234 g/mol. The third-order valence-corrected chi connectivity index (χ3v) is 2.55. The summed E-state index contributed by atoms with van der Waals surface area (Å²) in [4.78, 5) is 17.7. The normalized spacial score (nSPS) is 10.5. The van der Waals surface area contributed by atoms with Gasteiger partial charge in [0.2, 0.25) is 0 Å². The molecule has 7 heteroatoms. The number of hydrogen-bond donors (Lipinski definition) is 2. The van der Waals surface area contributed by atoms with E-state index in [1.54, 1.807) is 18.1 Å². The molecule has 0 bridgehead atoms. The molecule has 2 aromatic heterocycles. The predicted octanol–water partition coefficient (Wildman–Crippen LogP) is -0.00240. The van der Waals surface area contributed by atoms with Crippen molar-refractivity contribution in [3.8, 4) is 0 Å². The summed E-state index contributed by atoms with van der Waals surface area (Å²) in [6.45, 7) is 0.424. The number of nitrogens with one attached hydrogen (secondary N) is 1. The molecule has 0 unspecified atom stereocenters. The zero-order valence-electron chi connectivity index (χ0n) is 9.71. The Hall–Kier alpha value is -2.31. The van der Waals surface area contributed by atoms with Gasteiger partial charge < -0.3 is 15.2 Å². The number of hydrogen-bond acceptors (Lipinski definition) is 4. The number of rotatable bonds is 3. The Morgan fingerprint density at radius 2 is 2.41 bits per heavy atom. The van der Waals surface area contributed by atoms with Crippen LogP contribution in [0.1, 0.15) is 16.2 Å². The van der Waals surface area contributed by atoms with Crippen molar-refractivity contribution in [1.29, 1.82) is 0 Å². The van der Waals surface area contributed by atoms with E-state index < -0.39 is 0 Å². The summed E-state index contributed by atoms with van der Waals surface area (Å²) in [6, 6.07) is 0. The maximum absolute atomic E-state index is 12.0. The number of aromatic nitrogens is 4. The zero-order chi connectivity index (χ0) is 12.4. The fourth-order valence-electron chi connectivity index (χ4n) is 1.50. The van der Waals surface area contributed by atoms with Gasteiger partial charge in [-0.25, -0.2) is 4.98 Å². The molecule has 2 rings (SSSR count). The van der Waals surface area contributed by atoms with Gasteiger partial charge in [0.1, 0.15) is 17.2 Å². The Kier molecular flexibility index (Phi) is 2.82. The number of H-pyrrole nitrogens is 1. The fraction of sp³-hybridized carbons (Fsp3) is 0.300. The molecule has 0 saturated heterocycles. The maximum Gasteiger partial charge on any atom is 0.259 e. The first-order valence-corrected chi connectivity index (χ1v) is 5.10. The molecule has 2 heterocycles. The lowest BCUT2D eigenvalue weighted by atomic mass is 10.3. The standard InChI is InChI=1S/C10H14N6O/c1-15-4-3-12-8(15)6-16(2)10(17)7-5-13-14-9(7)11/h3-5H,6H2,1-2H3,(H3,11,13,14). The Morgan fingerprint density at radius 3 is 2.94 bits per heavy atom. The average Bonchev–Trinajstić information content (AvgIpc) is 2.88. The summed E-state index contributed by atoms with van der Waals surface area (Å²) >= 11 is 0. The molecular formula is C10H14N6O. The van der Waals surface area contributed by atoms with Gasteiger partial charge in [0.05, 0.1) is 12.7 Å². The van der Waals surface area contributed by atoms with E-state index in [1.807, 2.05) is 17.8 Å². The quantitative estimate of drug-likeness (QED) is 0.781. The van der Waals surface area contributed by atoms with Crippen LogP contribution in [0.5, 0.6) is 0 Å². The van der Waals surface area contributed by atoms with Crippen molar-refractivity contribution in [1.82, 2.24) is 24.6 Å². The summed E-state index contributed by atoms with van der Waals surface area (Å²) < 4.78 is 1.86. The van der Waals surface area contributed by atoms with Crippen LogP contribution in [-0.4, -0.2) is 37.6 Å². The summed E-state index contributed by atoms with van der Waals surface area (Å²) in [7, 11) is 3.58. The highest BCUT2D eigenvalue weighted by Crippen LogP contribution is 2.10. The van der Waals surface area contributed by atoms with Gasteiger partial charge in [0.25, 0.3) is 5.91 Å². The summed E-state index contributed by atoms with van der Waals surface area (Å²) in [6.07, 6.45) is 4.95. The van der Waals surface area contributed by atoms with E-state index in [4.69, 9.17) is 5.73 Å². The fourth-order valence-corrected chi connectivity index (χ4v) is 1.50. The number of carbonyl (C=O) groups is 1. The van der Waals surface area contributed by atoms with Gasteiger partial charge in [0, 0.05) is 26.5 Å². The van der Waals surface area contributed by atoms with Crippen molar-refractivity contribution >= 4 is 11.7 Å². The van der Waals surface area contributed by atoms with Crippen molar-refractivity contribution < 1.29 is 4.79 Å². The molecule has 0 aliphatic rings. The number of carbonyl (C=O) groups excluding carboxylic acids is 1. The number of aryl methyl sites for hydroxylation is 1. The smallest absolute Gasteiger partial charge is 0.259 e. The molecule has 1 amide bonds. The van der Waals surface area contributed by atoms with Crippen LogP contribution < -0.4 is 5.73 Å². The topological polar surface area (TPSA) is 92.8 Å². The molecule has 0 aliphatic heterocycles. The lowest BCUT2D eigenvalue weighted by Crippen LogP contribution is -2.27. The van der Waals surface area contributed by atoms with Crippen molar-refractivity contribution in [2.45, 2.75) is 6.54 Å². The minimum absolute atomic E-state index is 0.181.